The quantitative estimate of drug-likeness (QED) is 0.216. The number of nitrogens with zero attached hydrogens (tertiary/aromatic N) is 2. The number of ether oxygens (including phenoxy) is 4. The molecule has 3 aromatic rings. The normalized spacial score (nSPS) is 23.1. The monoisotopic (exact) mass is 678 g/mol. The third-order valence-electron chi connectivity index (χ3n) is 8.06. The van der Waals surface area contributed by atoms with Gasteiger partial charge in [-0.05, 0) is 37.0 Å². The lowest BCUT2D eigenvalue weighted by molar-refractivity contribution is -0.0916. The van der Waals surface area contributed by atoms with Crippen molar-refractivity contribution in [3.63, 3.8) is 0 Å². The van der Waals surface area contributed by atoms with Crippen LogP contribution in [0.2, 0.25) is 0 Å². The van der Waals surface area contributed by atoms with Crippen molar-refractivity contribution in [2.75, 3.05) is 45.3 Å². The maximum absolute atomic E-state index is 14.0. The van der Waals surface area contributed by atoms with E-state index in [1.54, 1.807) is 13.1 Å². The molecule has 0 radical (unpaired) electrons. The number of amides is 1. The van der Waals surface area contributed by atoms with Crippen molar-refractivity contribution in [1.82, 2.24) is 14.6 Å². The van der Waals surface area contributed by atoms with E-state index in [9.17, 15) is 22.7 Å². The number of fused-ring (bicyclic) bond motifs is 2. The number of hydrogen-bond acceptors (Lipinski definition) is 11. The zero-order chi connectivity index (χ0) is 33.7. The molecule has 2 saturated heterocycles. The van der Waals surface area contributed by atoms with Crippen LogP contribution in [-0.2, 0) is 35.4 Å². The molecule has 0 spiro atoms. The first-order valence-electron chi connectivity index (χ1n) is 15.7. The van der Waals surface area contributed by atoms with Crippen molar-refractivity contribution in [3.8, 4) is 0 Å². The number of anilines is 1. The lowest BCUT2D eigenvalue weighted by atomic mass is 10.00. The number of alkyl halides is 1. The molecule has 2 aliphatic rings. The van der Waals surface area contributed by atoms with Crippen molar-refractivity contribution in [2.45, 2.75) is 68.9 Å². The molecule has 5 rings (SSSR count). The Kier molecular flexibility index (Phi) is 11.4. The van der Waals surface area contributed by atoms with E-state index in [1.807, 2.05) is 44.2 Å². The van der Waals surface area contributed by atoms with Gasteiger partial charge >= 0.3 is 6.09 Å². The van der Waals surface area contributed by atoms with Gasteiger partial charge in [-0.3, -0.25) is 0 Å². The number of aliphatic hydroxyl groups excluding tert-OH is 1. The standard InChI is InChI=1S/C32H43FN4O9S/c1-19(2)14-37(47(40,41)22-10-11-23-26(13-22)45-31(34-4)35-23)15-25(38)24(12-21-8-6-5-7-9-21)36-32(39)46-28-18-44-30-29(28)27(17-43-30)42-16-20(3)33/h5-11,13,19-20,24-25,27-30,38H,12,14-18H2,1-4H3,(H,34,35)(H,36,39)/t20?,24-,25+,27-,28-,29-,30+/m0/s1. The number of aromatic nitrogens is 1. The van der Waals surface area contributed by atoms with Gasteiger partial charge in [0.05, 0.1) is 48.9 Å². The number of oxazole rings is 1. The predicted molar refractivity (Wildman–Crippen MR) is 170 cm³/mol. The van der Waals surface area contributed by atoms with Gasteiger partial charge in [-0.1, -0.05) is 44.2 Å². The number of nitrogens with one attached hydrogen (secondary N) is 2. The van der Waals surface area contributed by atoms with E-state index in [4.69, 9.17) is 23.4 Å². The molecule has 0 saturated carbocycles. The second-order valence-electron chi connectivity index (χ2n) is 12.3. The number of hydrogen-bond donors (Lipinski definition) is 3. The van der Waals surface area contributed by atoms with Gasteiger partial charge in [-0.25, -0.2) is 17.6 Å². The highest BCUT2D eigenvalue weighted by Crippen LogP contribution is 2.35. The molecule has 1 amide bonds. The van der Waals surface area contributed by atoms with E-state index >= 15 is 0 Å². The summed E-state index contributed by atoms with van der Waals surface area (Å²) < 4.78 is 70.8. The number of benzene rings is 2. The fourth-order valence-electron chi connectivity index (χ4n) is 5.80. The maximum atomic E-state index is 14.0. The van der Waals surface area contributed by atoms with Crippen LogP contribution in [0.25, 0.3) is 11.1 Å². The van der Waals surface area contributed by atoms with Gasteiger partial charge in [0, 0.05) is 26.2 Å². The Morgan fingerprint density at radius 1 is 1.11 bits per heavy atom. The van der Waals surface area contributed by atoms with E-state index in [0.29, 0.717) is 11.1 Å². The number of rotatable bonds is 15. The molecule has 3 heterocycles. The Morgan fingerprint density at radius 3 is 2.51 bits per heavy atom. The molecule has 3 N–H and O–H groups in total. The summed E-state index contributed by atoms with van der Waals surface area (Å²) in [6.45, 7) is 5.06. The molecule has 2 aliphatic heterocycles. The topological polar surface area (TPSA) is 162 Å². The van der Waals surface area contributed by atoms with E-state index in [1.165, 1.54) is 23.4 Å². The van der Waals surface area contributed by atoms with Gasteiger partial charge in [0.2, 0.25) is 10.0 Å². The van der Waals surface area contributed by atoms with E-state index in [0.717, 1.165) is 5.56 Å². The van der Waals surface area contributed by atoms with Crippen LogP contribution in [0.3, 0.4) is 0 Å². The predicted octanol–water partition coefficient (Wildman–Crippen LogP) is 3.33. The molecule has 2 fully saturated rings. The minimum atomic E-state index is -4.11. The van der Waals surface area contributed by atoms with Crippen molar-refractivity contribution in [2.24, 2.45) is 11.8 Å². The van der Waals surface area contributed by atoms with Crippen LogP contribution in [0.4, 0.5) is 15.2 Å². The Balaban J connectivity index is 1.33. The van der Waals surface area contributed by atoms with Crippen molar-refractivity contribution in [3.05, 3.63) is 54.1 Å². The Hall–Kier alpha value is -3.34. The molecule has 1 aromatic heterocycles. The first-order chi connectivity index (χ1) is 22.4. The molecule has 0 aliphatic carbocycles. The van der Waals surface area contributed by atoms with Gasteiger partial charge in [0.25, 0.3) is 6.01 Å². The smallest absolute Gasteiger partial charge is 0.407 e. The number of halogens is 1. The first-order valence-corrected chi connectivity index (χ1v) is 17.1. The lowest BCUT2D eigenvalue weighted by Gasteiger charge is -2.31. The van der Waals surface area contributed by atoms with Crippen molar-refractivity contribution in [1.29, 1.82) is 0 Å². The summed E-state index contributed by atoms with van der Waals surface area (Å²) >= 11 is 0. The number of carbonyl (C=O) groups is 1. The minimum absolute atomic E-state index is 0.0165. The molecule has 2 aromatic carbocycles. The molecule has 15 heteroatoms. The Labute approximate surface area is 273 Å². The lowest BCUT2D eigenvalue weighted by Crippen LogP contribution is -2.52. The van der Waals surface area contributed by atoms with Crippen LogP contribution < -0.4 is 10.6 Å². The van der Waals surface area contributed by atoms with Gasteiger partial charge in [-0.15, -0.1) is 0 Å². The molecule has 7 atom stereocenters. The number of carbonyl (C=O) groups excluding carboxylic acids is 1. The van der Waals surface area contributed by atoms with E-state index < -0.39 is 58.8 Å². The first kappa shape index (κ1) is 35.0. The molecule has 0 bridgehead atoms. The maximum Gasteiger partial charge on any atom is 0.407 e. The number of sulfonamides is 1. The van der Waals surface area contributed by atoms with Crippen LogP contribution in [0.15, 0.2) is 57.8 Å². The molecule has 258 valence electrons. The molecular weight excluding hydrogens is 635 g/mol. The Morgan fingerprint density at radius 2 is 1.83 bits per heavy atom. The second kappa shape index (κ2) is 15.3. The molecule has 47 heavy (non-hydrogen) atoms. The van der Waals surface area contributed by atoms with Gasteiger partial charge in [0.15, 0.2) is 11.9 Å². The van der Waals surface area contributed by atoms with Gasteiger partial charge in [0.1, 0.15) is 17.8 Å². The highest BCUT2D eigenvalue weighted by molar-refractivity contribution is 7.89. The molecule has 13 nitrogen and oxygen atoms in total. The van der Waals surface area contributed by atoms with Crippen LogP contribution in [-0.4, -0.2) is 106 Å². The minimum Gasteiger partial charge on any atom is -0.443 e. The average molecular weight is 679 g/mol. The molecule has 1 unspecified atom stereocenters. The summed E-state index contributed by atoms with van der Waals surface area (Å²) in [5.41, 5.74) is 1.60. The van der Waals surface area contributed by atoms with E-state index in [2.05, 4.69) is 15.6 Å². The summed E-state index contributed by atoms with van der Waals surface area (Å²) in [5, 5.41) is 17.1. The zero-order valence-electron chi connectivity index (χ0n) is 26.9. The SMILES string of the molecule is CNc1nc2ccc(S(=O)(=O)N(CC(C)C)C[C@@H](O)[C@H](Cc3ccccc3)NC(=O)O[C@H]3CO[C@H]4OC[C@H](OCC(C)F)[C@H]43)cc2o1. The largest absolute Gasteiger partial charge is 0.443 e. The summed E-state index contributed by atoms with van der Waals surface area (Å²) in [5.74, 6) is -0.526. The van der Waals surface area contributed by atoms with Gasteiger partial charge in [-0.2, -0.15) is 9.29 Å². The van der Waals surface area contributed by atoms with Crippen LogP contribution >= 0.6 is 0 Å². The number of alkyl carbamates (subject to hydrolysis) is 1. The highest BCUT2D eigenvalue weighted by Gasteiger charge is 2.51. The Bertz CT molecular complexity index is 1590. The fraction of sp³-hybridized carbons (Fsp3) is 0.562. The molecular formula is C32H43FN4O9S. The third kappa shape index (κ3) is 8.58. The highest BCUT2D eigenvalue weighted by atomic mass is 32.2. The van der Waals surface area contributed by atoms with E-state index in [-0.39, 0.29) is 56.2 Å². The summed E-state index contributed by atoms with van der Waals surface area (Å²) in [4.78, 5) is 17.5. The third-order valence-corrected chi connectivity index (χ3v) is 9.89. The van der Waals surface area contributed by atoms with Gasteiger partial charge < -0.3 is 39.1 Å². The zero-order valence-corrected chi connectivity index (χ0v) is 27.7. The average Bonchev–Trinajstić information content (AvgIpc) is 3.75. The van der Waals surface area contributed by atoms with Crippen molar-refractivity contribution >= 4 is 33.2 Å². The van der Waals surface area contributed by atoms with Crippen LogP contribution in [0, 0.1) is 11.8 Å². The van der Waals surface area contributed by atoms with Crippen molar-refractivity contribution < 1.29 is 46.1 Å². The summed E-state index contributed by atoms with van der Waals surface area (Å²) in [6.07, 6.45) is -5.02. The summed E-state index contributed by atoms with van der Waals surface area (Å²) in [6, 6.07) is 13.0. The van der Waals surface area contributed by atoms with Crippen LogP contribution in [0.5, 0.6) is 0 Å². The fourth-order valence-corrected chi connectivity index (χ4v) is 7.44. The van der Waals surface area contributed by atoms with Crippen LogP contribution in [0.1, 0.15) is 26.3 Å². The second-order valence-corrected chi connectivity index (χ2v) is 14.3. The summed E-state index contributed by atoms with van der Waals surface area (Å²) in [7, 11) is -2.47. The number of aliphatic hydroxyl groups is 1.